The van der Waals surface area contributed by atoms with Crippen molar-refractivity contribution in [3.8, 4) is 11.5 Å². The van der Waals surface area contributed by atoms with Gasteiger partial charge in [0.1, 0.15) is 0 Å². The molecular formula is C21H33NO4. The van der Waals surface area contributed by atoms with E-state index in [0.717, 1.165) is 50.3 Å². The van der Waals surface area contributed by atoms with Gasteiger partial charge in [0.15, 0.2) is 11.5 Å². The molecule has 2 aliphatic rings. The molecule has 5 heteroatoms. The second kappa shape index (κ2) is 9.58. The summed E-state index contributed by atoms with van der Waals surface area (Å²) in [5.74, 6) is 1.52. The number of hydrogen-bond donors (Lipinski definition) is 1. The molecule has 3 atom stereocenters. The molecule has 1 aromatic carbocycles. The Labute approximate surface area is 157 Å². The highest BCUT2D eigenvalue weighted by Crippen LogP contribution is 2.29. The van der Waals surface area contributed by atoms with Gasteiger partial charge in [0.2, 0.25) is 0 Å². The van der Waals surface area contributed by atoms with Crippen LogP contribution < -0.4 is 9.47 Å². The van der Waals surface area contributed by atoms with E-state index < -0.39 is 0 Å². The Balaban J connectivity index is 1.54. The van der Waals surface area contributed by atoms with Crippen molar-refractivity contribution in [3.63, 3.8) is 0 Å². The van der Waals surface area contributed by atoms with Gasteiger partial charge in [0.05, 0.1) is 33.0 Å². The first-order valence-corrected chi connectivity index (χ1v) is 9.96. The summed E-state index contributed by atoms with van der Waals surface area (Å²) in [7, 11) is 3.32. The van der Waals surface area contributed by atoms with Crippen LogP contribution in [0.3, 0.4) is 0 Å². The predicted molar refractivity (Wildman–Crippen MR) is 102 cm³/mol. The summed E-state index contributed by atoms with van der Waals surface area (Å²) < 4.78 is 17.0. The molecule has 1 aliphatic carbocycles. The third-order valence-electron chi connectivity index (χ3n) is 5.74. The standard InChI is InChI=1S/C21H33NO4/c1-24-20-10-9-16(14-21(20)25-2)11-13-26-19-8-4-3-7-18(19)22-12-5-6-17(23)15-22/h9-10,14,17-19,23H,3-8,11-13,15H2,1-2H3/t17?,18-,19+/m1/s1. The number of β-amino-alcohol motifs (C(OH)–C–C–N with tert-alkyl or cyclic N) is 1. The van der Waals surface area contributed by atoms with Crippen LogP contribution in [0.15, 0.2) is 18.2 Å². The Bertz CT molecular complexity index is 565. The molecule has 146 valence electrons. The molecule has 0 amide bonds. The fourth-order valence-electron chi connectivity index (χ4n) is 4.34. The minimum absolute atomic E-state index is 0.168. The van der Waals surface area contributed by atoms with E-state index in [1.165, 1.54) is 24.8 Å². The first-order chi connectivity index (χ1) is 12.7. The number of methoxy groups -OCH3 is 2. The topological polar surface area (TPSA) is 51.2 Å². The third-order valence-corrected chi connectivity index (χ3v) is 5.74. The van der Waals surface area contributed by atoms with Crippen LogP contribution in [0, 0.1) is 0 Å². The number of aliphatic hydroxyl groups excluding tert-OH is 1. The van der Waals surface area contributed by atoms with Gasteiger partial charge in [0, 0.05) is 12.6 Å². The van der Waals surface area contributed by atoms with Crippen LogP contribution in [0.25, 0.3) is 0 Å². The maximum Gasteiger partial charge on any atom is 0.160 e. The van der Waals surface area contributed by atoms with Gasteiger partial charge in [0.25, 0.3) is 0 Å². The fourth-order valence-corrected chi connectivity index (χ4v) is 4.34. The second-order valence-electron chi connectivity index (χ2n) is 7.49. The lowest BCUT2D eigenvalue weighted by Gasteiger charge is -2.42. The van der Waals surface area contributed by atoms with Crippen LogP contribution in [0.4, 0.5) is 0 Å². The van der Waals surface area contributed by atoms with E-state index in [9.17, 15) is 5.11 Å². The molecule has 0 bridgehead atoms. The molecule has 1 unspecified atom stereocenters. The van der Waals surface area contributed by atoms with Gasteiger partial charge in [-0.1, -0.05) is 18.9 Å². The number of rotatable bonds is 7. The summed E-state index contributed by atoms with van der Waals surface area (Å²) in [6.45, 7) is 2.62. The van der Waals surface area contributed by atoms with Crippen molar-refractivity contribution in [1.29, 1.82) is 0 Å². The molecule has 3 rings (SSSR count). The van der Waals surface area contributed by atoms with Gasteiger partial charge in [-0.25, -0.2) is 0 Å². The van der Waals surface area contributed by atoms with E-state index >= 15 is 0 Å². The Kier molecular flexibility index (Phi) is 7.17. The highest BCUT2D eigenvalue weighted by Gasteiger charge is 2.33. The van der Waals surface area contributed by atoms with Crippen LogP contribution in [0.5, 0.6) is 11.5 Å². The lowest BCUT2D eigenvalue weighted by Crippen LogP contribution is -2.51. The van der Waals surface area contributed by atoms with Gasteiger partial charge in [-0.3, -0.25) is 4.90 Å². The summed E-state index contributed by atoms with van der Waals surface area (Å²) in [5.41, 5.74) is 1.20. The third kappa shape index (κ3) is 4.90. The van der Waals surface area contributed by atoms with Crippen molar-refractivity contribution in [1.82, 2.24) is 4.90 Å². The zero-order chi connectivity index (χ0) is 18.4. The molecule has 0 radical (unpaired) electrons. The van der Waals surface area contributed by atoms with Gasteiger partial charge in [-0.2, -0.15) is 0 Å². The number of aliphatic hydroxyl groups is 1. The van der Waals surface area contributed by atoms with Crippen molar-refractivity contribution >= 4 is 0 Å². The fraction of sp³-hybridized carbons (Fsp3) is 0.714. The minimum atomic E-state index is -0.168. The maximum absolute atomic E-state index is 10.0. The van der Waals surface area contributed by atoms with E-state index in [1.807, 2.05) is 12.1 Å². The zero-order valence-corrected chi connectivity index (χ0v) is 16.2. The molecule has 1 N–H and O–H groups in total. The Morgan fingerprint density at radius 2 is 1.85 bits per heavy atom. The average molecular weight is 363 g/mol. The number of nitrogens with zero attached hydrogens (tertiary/aromatic N) is 1. The van der Waals surface area contributed by atoms with E-state index in [4.69, 9.17) is 14.2 Å². The van der Waals surface area contributed by atoms with Crippen molar-refractivity contribution in [2.75, 3.05) is 33.9 Å². The monoisotopic (exact) mass is 363 g/mol. The van der Waals surface area contributed by atoms with Crippen LogP contribution in [-0.2, 0) is 11.2 Å². The highest BCUT2D eigenvalue weighted by molar-refractivity contribution is 5.42. The lowest BCUT2D eigenvalue weighted by molar-refractivity contribution is -0.0561. The largest absolute Gasteiger partial charge is 0.493 e. The molecule has 0 aromatic heterocycles. The van der Waals surface area contributed by atoms with Crippen LogP contribution >= 0.6 is 0 Å². The summed E-state index contributed by atoms with van der Waals surface area (Å²) in [5, 5.41) is 10.0. The second-order valence-corrected chi connectivity index (χ2v) is 7.49. The molecule has 1 aliphatic heterocycles. The number of hydrogen-bond acceptors (Lipinski definition) is 5. The Hall–Kier alpha value is -1.30. The summed E-state index contributed by atoms with van der Waals surface area (Å²) >= 11 is 0. The molecule has 1 aromatic rings. The first kappa shape index (κ1) is 19.5. The predicted octanol–water partition coefficient (Wildman–Crippen LogP) is 3.03. The Morgan fingerprint density at radius 1 is 1.04 bits per heavy atom. The molecular weight excluding hydrogens is 330 g/mol. The zero-order valence-electron chi connectivity index (χ0n) is 16.2. The summed E-state index contributed by atoms with van der Waals surface area (Å²) in [6, 6.07) is 6.52. The van der Waals surface area contributed by atoms with E-state index in [-0.39, 0.29) is 12.2 Å². The quantitative estimate of drug-likeness (QED) is 0.807. The average Bonchev–Trinajstić information content (AvgIpc) is 2.68. The van der Waals surface area contributed by atoms with Crippen molar-refractivity contribution in [2.24, 2.45) is 0 Å². The molecule has 1 heterocycles. The SMILES string of the molecule is COc1ccc(CCO[C@H]2CCCC[C@H]2N2CCCC(O)C2)cc1OC. The highest BCUT2D eigenvalue weighted by atomic mass is 16.5. The lowest BCUT2D eigenvalue weighted by atomic mass is 9.89. The van der Waals surface area contributed by atoms with Gasteiger partial charge < -0.3 is 19.3 Å². The molecule has 1 saturated heterocycles. The van der Waals surface area contributed by atoms with Crippen LogP contribution in [-0.4, -0.2) is 62.2 Å². The minimum Gasteiger partial charge on any atom is -0.493 e. The van der Waals surface area contributed by atoms with E-state index in [2.05, 4.69) is 11.0 Å². The molecule has 1 saturated carbocycles. The number of likely N-dealkylation sites (tertiary alicyclic amines) is 1. The normalized spacial score (nSPS) is 27.3. The van der Waals surface area contributed by atoms with Crippen LogP contribution in [0.2, 0.25) is 0 Å². The number of benzene rings is 1. The molecule has 2 fully saturated rings. The van der Waals surface area contributed by atoms with Crippen molar-refractivity contribution < 1.29 is 19.3 Å². The number of piperidine rings is 1. The summed E-state index contributed by atoms with van der Waals surface area (Å²) in [6.07, 6.45) is 7.85. The van der Waals surface area contributed by atoms with Gasteiger partial charge in [-0.15, -0.1) is 0 Å². The molecule has 0 spiro atoms. The van der Waals surface area contributed by atoms with E-state index in [0.29, 0.717) is 12.6 Å². The molecule has 26 heavy (non-hydrogen) atoms. The van der Waals surface area contributed by atoms with Crippen LogP contribution in [0.1, 0.15) is 44.1 Å². The smallest absolute Gasteiger partial charge is 0.160 e. The maximum atomic E-state index is 10.0. The van der Waals surface area contributed by atoms with Gasteiger partial charge >= 0.3 is 0 Å². The first-order valence-electron chi connectivity index (χ1n) is 9.96. The molecule has 5 nitrogen and oxygen atoms in total. The Morgan fingerprint density at radius 3 is 2.62 bits per heavy atom. The van der Waals surface area contributed by atoms with Crippen molar-refractivity contribution in [3.05, 3.63) is 23.8 Å². The van der Waals surface area contributed by atoms with Crippen molar-refractivity contribution in [2.45, 2.75) is 63.2 Å². The van der Waals surface area contributed by atoms with Gasteiger partial charge in [-0.05, 0) is 56.3 Å². The summed E-state index contributed by atoms with van der Waals surface area (Å²) in [4.78, 5) is 2.47. The van der Waals surface area contributed by atoms with E-state index in [1.54, 1.807) is 14.2 Å². The number of ether oxygens (including phenoxy) is 3.